The van der Waals surface area contributed by atoms with Gasteiger partial charge in [-0.1, -0.05) is 12.1 Å². The van der Waals surface area contributed by atoms with Gasteiger partial charge in [-0.3, -0.25) is 4.79 Å². The molecule has 1 heterocycles. The number of carbonyl (C=O) groups excluding carboxylic acids is 1. The Labute approximate surface area is 87.9 Å². The number of anilines is 1. The molecule has 1 aromatic rings. The second-order valence-corrected chi connectivity index (χ2v) is 3.49. The molecule has 15 heavy (non-hydrogen) atoms. The molecule has 2 N–H and O–H groups in total. The van der Waals surface area contributed by atoms with Crippen LogP contribution in [0, 0.1) is 11.3 Å². The number of hydrogen-bond acceptors (Lipinski definition) is 3. The number of carbonyl (C=O) groups is 1. The zero-order valence-corrected chi connectivity index (χ0v) is 8.37. The van der Waals surface area contributed by atoms with Crippen molar-refractivity contribution in [2.45, 2.75) is 12.5 Å². The van der Waals surface area contributed by atoms with Crippen LogP contribution < -0.4 is 10.6 Å². The van der Waals surface area contributed by atoms with Gasteiger partial charge in [0.05, 0.1) is 12.5 Å². The van der Waals surface area contributed by atoms with Crippen LogP contribution in [0.1, 0.15) is 17.2 Å². The molecule has 0 saturated carbocycles. The molecule has 1 unspecified atom stereocenters. The SMILES string of the molecule is CNC(C#N)c1ccc2c(c1)CC(=O)N2. The molecule has 4 nitrogen and oxygen atoms in total. The average Bonchev–Trinajstić information content (AvgIpc) is 2.59. The molecule has 1 aliphatic rings. The van der Waals surface area contributed by atoms with E-state index in [4.69, 9.17) is 5.26 Å². The van der Waals surface area contributed by atoms with Crippen molar-refractivity contribution in [3.05, 3.63) is 29.3 Å². The highest BCUT2D eigenvalue weighted by Gasteiger charge is 2.19. The molecule has 1 aromatic carbocycles. The normalized spacial score (nSPS) is 15.3. The Morgan fingerprint density at radius 1 is 1.60 bits per heavy atom. The van der Waals surface area contributed by atoms with Crippen molar-refractivity contribution in [1.29, 1.82) is 5.26 Å². The fraction of sp³-hybridized carbons (Fsp3) is 0.273. The summed E-state index contributed by atoms with van der Waals surface area (Å²) in [5, 5.41) is 14.5. The van der Waals surface area contributed by atoms with E-state index in [1.54, 1.807) is 7.05 Å². The van der Waals surface area contributed by atoms with Crippen LogP contribution in [0.4, 0.5) is 5.69 Å². The topological polar surface area (TPSA) is 64.9 Å². The van der Waals surface area contributed by atoms with E-state index in [9.17, 15) is 4.79 Å². The van der Waals surface area contributed by atoms with E-state index < -0.39 is 0 Å². The first kappa shape index (κ1) is 9.69. The Balaban J connectivity index is 2.35. The first-order valence-corrected chi connectivity index (χ1v) is 4.74. The van der Waals surface area contributed by atoms with Gasteiger partial charge in [0, 0.05) is 5.69 Å². The number of amides is 1. The smallest absolute Gasteiger partial charge is 0.228 e. The third-order valence-electron chi connectivity index (χ3n) is 2.51. The van der Waals surface area contributed by atoms with Crippen LogP contribution in [0.25, 0.3) is 0 Å². The summed E-state index contributed by atoms with van der Waals surface area (Å²) in [6.45, 7) is 0. The van der Waals surface area contributed by atoms with Gasteiger partial charge in [-0.2, -0.15) is 5.26 Å². The largest absolute Gasteiger partial charge is 0.326 e. The van der Waals surface area contributed by atoms with Crippen molar-refractivity contribution in [2.24, 2.45) is 0 Å². The summed E-state index contributed by atoms with van der Waals surface area (Å²) in [5.41, 5.74) is 2.72. The molecule has 0 aromatic heterocycles. The maximum atomic E-state index is 11.1. The molecule has 4 heteroatoms. The minimum atomic E-state index is -0.314. The summed E-state index contributed by atoms with van der Waals surface area (Å²) < 4.78 is 0. The van der Waals surface area contributed by atoms with Gasteiger partial charge in [0.25, 0.3) is 0 Å². The van der Waals surface area contributed by atoms with Crippen LogP contribution >= 0.6 is 0 Å². The third-order valence-corrected chi connectivity index (χ3v) is 2.51. The number of fused-ring (bicyclic) bond motifs is 1. The minimum Gasteiger partial charge on any atom is -0.326 e. The molecule has 0 saturated heterocycles. The second kappa shape index (κ2) is 3.71. The average molecular weight is 201 g/mol. The molecule has 1 atom stereocenters. The number of nitriles is 1. The maximum absolute atomic E-state index is 11.1. The van der Waals surface area contributed by atoms with Crippen molar-refractivity contribution in [3.63, 3.8) is 0 Å². The van der Waals surface area contributed by atoms with Gasteiger partial charge in [0.2, 0.25) is 5.91 Å². The molecule has 0 aliphatic carbocycles. The summed E-state index contributed by atoms with van der Waals surface area (Å²) in [4.78, 5) is 11.1. The van der Waals surface area contributed by atoms with E-state index in [0.29, 0.717) is 6.42 Å². The number of benzene rings is 1. The molecule has 1 aliphatic heterocycles. The van der Waals surface area contributed by atoms with Crippen molar-refractivity contribution in [3.8, 4) is 6.07 Å². The first-order chi connectivity index (χ1) is 7.24. The Morgan fingerprint density at radius 3 is 3.07 bits per heavy atom. The van der Waals surface area contributed by atoms with Gasteiger partial charge in [-0.15, -0.1) is 0 Å². The summed E-state index contributed by atoms with van der Waals surface area (Å²) in [5.74, 6) is 0.0140. The molecule has 0 spiro atoms. The van der Waals surface area contributed by atoms with Crippen molar-refractivity contribution >= 4 is 11.6 Å². The quantitative estimate of drug-likeness (QED) is 0.749. The fourth-order valence-corrected chi connectivity index (χ4v) is 1.73. The lowest BCUT2D eigenvalue weighted by molar-refractivity contribution is -0.115. The highest BCUT2D eigenvalue weighted by Crippen LogP contribution is 2.26. The molecule has 0 radical (unpaired) electrons. The van der Waals surface area contributed by atoms with Gasteiger partial charge in [-0.25, -0.2) is 0 Å². The van der Waals surface area contributed by atoms with Gasteiger partial charge in [0.1, 0.15) is 6.04 Å². The molecular formula is C11H11N3O. The zero-order chi connectivity index (χ0) is 10.8. The van der Waals surface area contributed by atoms with Crippen LogP contribution in [0.3, 0.4) is 0 Å². The van der Waals surface area contributed by atoms with Crippen molar-refractivity contribution in [1.82, 2.24) is 5.32 Å². The number of rotatable bonds is 2. The van der Waals surface area contributed by atoms with E-state index in [-0.39, 0.29) is 11.9 Å². The van der Waals surface area contributed by atoms with Gasteiger partial charge < -0.3 is 10.6 Å². The van der Waals surface area contributed by atoms with Crippen LogP contribution in [0.5, 0.6) is 0 Å². The fourth-order valence-electron chi connectivity index (χ4n) is 1.73. The van der Waals surface area contributed by atoms with E-state index in [1.165, 1.54) is 0 Å². The van der Waals surface area contributed by atoms with Crippen molar-refractivity contribution in [2.75, 3.05) is 12.4 Å². The van der Waals surface area contributed by atoms with E-state index in [2.05, 4.69) is 16.7 Å². The molecule has 0 bridgehead atoms. The first-order valence-electron chi connectivity index (χ1n) is 4.74. The van der Waals surface area contributed by atoms with E-state index in [0.717, 1.165) is 16.8 Å². The lowest BCUT2D eigenvalue weighted by Gasteiger charge is -2.09. The lowest BCUT2D eigenvalue weighted by atomic mass is 10.0. The minimum absolute atomic E-state index is 0.0140. The van der Waals surface area contributed by atoms with E-state index in [1.807, 2.05) is 18.2 Å². The van der Waals surface area contributed by atoms with Gasteiger partial charge in [0.15, 0.2) is 0 Å². The monoisotopic (exact) mass is 201 g/mol. The molecule has 76 valence electrons. The summed E-state index contributed by atoms with van der Waals surface area (Å²) >= 11 is 0. The van der Waals surface area contributed by atoms with Crippen LogP contribution in [0.2, 0.25) is 0 Å². The number of nitrogens with zero attached hydrogens (tertiary/aromatic N) is 1. The summed E-state index contributed by atoms with van der Waals surface area (Å²) in [6.07, 6.45) is 0.408. The molecule has 2 rings (SSSR count). The van der Waals surface area contributed by atoms with Crippen molar-refractivity contribution < 1.29 is 4.79 Å². The van der Waals surface area contributed by atoms with Crippen LogP contribution in [-0.2, 0) is 11.2 Å². The maximum Gasteiger partial charge on any atom is 0.228 e. The predicted molar refractivity (Wildman–Crippen MR) is 56.2 cm³/mol. The molecular weight excluding hydrogens is 190 g/mol. The lowest BCUT2D eigenvalue weighted by Crippen LogP contribution is -2.14. The third kappa shape index (κ3) is 1.69. The number of hydrogen-bond donors (Lipinski definition) is 2. The van der Waals surface area contributed by atoms with Crippen LogP contribution in [0.15, 0.2) is 18.2 Å². The Kier molecular flexibility index (Phi) is 2.40. The number of nitrogens with one attached hydrogen (secondary N) is 2. The predicted octanol–water partition coefficient (Wildman–Crippen LogP) is 0.965. The van der Waals surface area contributed by atoms with Gasteiger partial charge >= 0.3 is 0 Å². The Hall–Kier alpha value is -1.86. The second-order valence-electron chi connectivity index (χ2n) is 3.49. The Morgan fingerprint density at radius 2 is 2.40 bits per heavy atom. The van der Waals surface area contributed by atoms with Crippen LogP contribution in [-0.4, -0.2) is 13.0 Å². The summed E-state index contributed by atoms with van der Waals surface area (Å²) in [6, 6.07) is 7.44. The highest BCUT2D eigenvalue weighted by molar-refractivity contribution is 5.99. The summed E-state index contributed by atoms with van der Waals surface area (Å²) in [7, 11) is 1.74. The zero-order valence-electron chi connectivity index (χ0n) is 8.37. The molecule has 0 fully saturated rings. The highest BCUT2D eigenvalue weighted by atomic mass is 16.1. The van der Waals surface area contributed by atoms with Gasteiger partial charge in [-0.05, 0) is 24.2 Å². The Bertz CT molecular complexity index is 448. The standard InChI is InChI=1S/C11H11N3O/c1-13-10(6-12)7-2-3-9-8(4-7)5-11(15)14-9/h2-4,10,13H,5H2,1H3,(H,14,15). The molecule has 1 amide bonds. The van der Waals surface area contributed by atoms with E-state index >= 15 is 0 Å².